The average Bonchev–Trinajstić information content (AvgIpc) is 2.29. The van der Waals surface area contributed by atoms with Gasteiger partial charge in [-0.3, -0.25) is 0 Å². The molecule has 0 aliphatic heterocycles. The fraction of sp³-hybridized carbons (Fsp3) is 0.222. The van der Waals surface area contributed by atoms with Gasteiger partial charge in [-0.25, -0.2) is 0 Å². The van der Waals surface area contributed by atoms with Gasteiger partial charge in [-0.1, -0.05) is 13.1 Å². The van der Waals surface area contributed by atoms with Crippen molar-refractivity contribution in [1.29, 1.82) is 0 Å². The summed E-state index contributed by atoms with van der Waals surface area (Å²) in [5.74, 6) is 0. The van der Waals surface area contributed by atoms with Crippen molar-refractivity contribution in [2.24, 2.45) is 7.05 Å². The van der Waals surface area contributed by atoms with E-state index in [1.807, 2.05) is 14.0 Å². The van der Waals surface area contributed by atoms with E-state index in [0.29, 0.717) is 6.04 Å². The molecule has 2 aromatic rings. The van der Waals surface area contributed by atoms with Gasteiger partial charge in [0, 0.05) is 55.1 Å². The molecule has 65 valence electrons. The van der Waals surface area contributed by atoms with E-state index in [9.17, 15) is 0 Å². The van der Waals surface area contributed by atoms with Crippen molar-refractivity contribution in [2.75, 3.05) is 0 Å². The number of nitrogens with zero attached hydrogens (tertiary/aromatic N) is 2. The van der Waals surface area contributed by atoms with E-state index in [0.717, 1.165) is 16.6 Å². The van der Waals surface area contributed by atoms with Gasteiger partial charge in [0.25, 0.3) is 0 Å². The molecule has 2 nitrogen and oxygen atoms in total. The van der Waals surface area contributed by atoms with Crippen molar-refractivity contribution in [3.63, 3.8) is 0 Å². The fourth-order valence-electron chi connectivity index (χ4n) is 1.12. The smallest absolute Gasteiger partial charge is 0.0334 e. The molecular weight excluding hydrogens is 409 g/mol. The predicted octanol–water partition coefficient (Wildman–Crippen LogP) is 1.48. The zero-order valence-corrected chi connectivity index (χ0v) is 13.2. The largest absolute Gasteiger partial charge is 0.468 e. The zero-order chi connectivity index (χ0) is 8.72. The minimum atomic E-state index is 0. The van der Waals surface area contributed by atoms with Gasteiger partial charge in [0.15, 0.2) is 0 Å². The molecule has 2 rings (SSSR count). The van der Waals surface area contributed by atoms with Crippen LogP contribution in [0.25, 0.3) is 10.9 Å². The van der Waals surface area contributed by atoms with Crippen LogP contribution in [-0.2, 0) is 60.8 Å². The van der Waals surface area contributed by atoms with Crippen LogP contribution in [0.15, 0.2) is 12.1 Å². The molecule has 0 spiro atoms. The maximum absolute atomic E-state index is 7.60. The maximum Gasteiger partial charge on any atom is 0.0334 e. The van der Waals surface area contributed by atoms with Crippen molar-refractivity contribution < 1.29 is 55.1 Å². The van der Waals surface area contributed by atoms with Gasteiger partial charge in [0.2, 0.25) is 0 Å². The van der Waals surface area contributed by atoms with Crippen LogP contribution in [-0.4, -0.2) is 9.55 Å². The molecule has 1 radical (unpaired) electrons. The second-order valence-electron chi connectivity index (χ2n) is 2.53. The number of aryl methyl sites for hydroxylation is 2. The second-order valence-corrected chi connectivity index (χ2v) is 2.53. The topological polar surface area (TPSA) is 17.8 Å². The predicted molar refractivity (Wildman–Crippen MR) is 43.1 cm³/mol. The molecule has 2 aromatic heterocycles. The second kappa shape index (κ2) is 5.38. The number of fused-ring (bicyclic) bond motifs is 1. The van der Waals surface area contributed by atoms with Crippen LogP contribution in [0.3, 0.4) is 0 Å². The molecule has 13 heavy (non-hydrogen) atoms. The summed E-state index contributed by atoms with van der Waals surface area (Å²) in [6.07, 6.45) is 5.66. The first kappa shape index (κ1) is 11.6. The van der Waals surface area contributed by atoms with Gasteiger partial charge in [0.1, 0.15) is 0 Å². The molecule has 0 amide bonds. The summed E-state index contributed by atoms with van der Waals surface area (Å²) in [5.41, 5.74) is 1.81. The Morgan fingerprint density at radius 3 is 2.92 bits per heavy atom. The third-order valence-corrected chi connectivity index (χ3v) is 1.76. The molecule has 4 heteroatoms. The van der Waals surface area contributed by atoms with Crippen LogP contribution in [0.1, 0.15) is 7.06 Å². The standard InChI is InChI=1S/C9H8N2.W.Y/c1-7-8-4-6-11(2)9(8)3-5-10-7;;/h3-4H,1-2H3;;/q-2;;/i4T;;. The molecule has 0 aliphatic carbocycles. The third kappa shape index (κ3) is 2.49. The Labute approximate surface area is 119 Å². The number of aromatic nitrogens is 2. The maximum atomic E-state index is 7.60. The number of pyridine rings is 1. The van der Waals surface area contributed by atoms with E-state index in [1.54, 1.807) is 10.6 Å². The number of rotatable bonds is 0. The van der Waals surface area contributed by atoms with Gasteiger partial charge < -0.3 is 9.55 Å². The molecule has 0 aromatic carbocycles. The quantitative estimate of drug-likeness (QED) is 0.593. The van der Waals surface area contributed by atoms with Crippen LogP contribution < -0.4 is 0 Å². The molecule has 0 saturated carbocycles. The minimum Gasteiger partial charge on any atom is -0.468 e. The first-order valence-corrected chi connectivity index (χ1v) is 3.42. The van der Waals surface area contributed by atoms with Crippen molar-refractivity contribution in [1.82, 2.24) is 9.55 Å². The molecular formula is C9H8N2WY-2. The van der Waals surface area contributed by atoms with E-state index in [1.165, 1.54) is 0 Å². The fourth-order valence-corrected chi connectivity index (χ4v) is 1.12. The third-order valence-electron chi connectivity index (χ3n) is 1.76. The number of hydrogen-bond donors (Lipinski definition) is 0. The summed E-state index contributed by atoms with van der Waals surface area (Å²) in [5, 5.41) is 0.872. The summed E-state index contributed by atoms with van der Waals surface area (Å²) in [4.78, 5) is 4.00. The average molecular weight is 419 g/mol. The van der Waals surface area contributed by atoms with Crippen LogP contribution in [0.5, 0.6) is 0 Å². The van der Waals surface area contributed by atoms with Crippen LogP contribution in [0, 0.1) is 19.3 Å². The van der Waals surface area contributed by atoms with Gasteiger partial charge >= 0.3 is 0 Å². The van der Waals surface area contributed by atoms with Gasteiger partial charge in [-0.15, -0.1) is 23.5 Å². The SMILES string of the molecule is [3H]c1[c-]n(C)c2c[c-]nc(C)c12.[W].[Y]. The summed E-state index contributed by atoms with van der Waals surface area (Å²) in [6.45, 7) is 1.88. The summed E-state index contributed by atoms with van der Waals surface area (Å²) in [7, 11) is 1.87. The van der Waals surface area contributed by atoms with E-state index < -0.39 is 0 Å². The monoisotopic (exact) mass is 419 g/mol. The Balaban J connectivity index is 0.000000845. The van der Waals surface area contributed by atoms with Crippen LogP contribution in [0.2, 0.25) is 0 Å². The van der Waals surface area contributed by atoms with Crippen molar-refractivity contribution in [3.8, 4) is 0 Å². The van der Waals surface area contributed by atoms with Crippen molar-refractivity contribution in [2.45, 2.75) is 6.92 Å². The molecule has 2 heterocycles. The van der Waals surface area contributed by atoms with Gasteiger partial charge in [-0.05, 0) is 7.05 Å². The van der Waals surface area contributed by atoms with Gasteiger partial charge in [-0.2, -0.15) is 11.4 Å². The van der Waals surface area contributed by atoms with E-state index in [4.69, 9.17) is 1.37 Å². The summed E-state index contributed by atoms with van der Waals surface area (Å²) >= 11 is 0. The Bertz CT molecular complexity index is 442. The van der Waals surface area contributed by atoms with Gasteiger partial charge in [0.05, 0.1) is 0 Å². The van der Waals surface area contributed by atoms with E-state index >= 15 is 0 Å². The number of hydrogen-bond acceptors (Lipinski definition) is 1. The molecule has 0 N–H and O–H groups in total. The minimum absolute atomic E-state index is 0. The molecule has 0 bridgehead atoms. The summed E-state index contributed by atoms with van der Waals surface area (Å²) < 4.78 is 9.39. The Kier molecular flexibility index (Phi) is 4.79. The van der Waals surface area contributed by atoms with E-state index in [-0.39, 0.29) is 53.8 Å². The Morgan fingerprint density at radius 1 is 1.62 bits per heavy atom. The molecule has 0 saturated heterocycles. The normalized spacial score (nSPS) is 10.2. The van der Waals surface area contributed by atoms with Crippen LogP contribution in [0.4, 0.5) is 0 Å². The first-order chi connectivity index (χ1) is 5.70. The molecule has 0 aliphatic rings. The Morgan fingerprint density at radius 2 is 2.31 bits per heavy atom. The molecule has 0 atom stereocenters. The Hall–Kier alpha value is 0.482. The molecule has 0 unspecified atom stereocenters. The zero-order valence-electron chi connectivity index (χ0n) is 8.46. The first-order valence-electron chi connectivity index (χ1n) is 3.92. The van der Waals surface area contributed by atoms with Crippen molar-refractivity contribution >= 4 is 10.9 Å². The van der Waals surface area contributed by atoms with Crippen LogP contribution >= 0.6 is 0 Å². The van der Waals surface area contributed by atoms with E-state index in [2.05, 4.69) is 17.4 Å². The summed E-state index contributed by atoms with van der Waals surface area (Å²) in [6, 6.07) is 2.18. The molecule has 0 fully saturated rings. The van der Waals surface area contributed by atoms with Crippen molar-refractivity contribution in [3.05, 3.63) is 30.2 Å².